The number of carbonyl (C=O) groups is 2. The highest BCUT2D eigenvalue weighted by Crippen LogP contribution is 2.33. The van der Waals surface area contributed by atoms with Crippen LogP contribution in [0.15, 0.2) is 53.9 Å². The maximum atomic E-state index is 13.3. The maximum Gasteiger partial charge on any atom is 0.352 e. The van der Waals surface area contributed by atoms with Crippen molar-refractivity contribution in [1.82, 2.24) is 5.32 Å². The van der Waals surface area contributed by atoms with E-state index in [1.807, 2.05) is 0 Å². The molecule has 1 unspecified atom stereocenters. The Morgan fingerprint density at radius 2 is 1.55 bits per heavy atom. The van der Waals surface area contributed by atoms with E-state index in [0.29, 0.717) is 29.5 Å². The zero-order valence-corrected chi connectivity index (χ0v) is 26.9. The number of esters is 2. The van der Waals surface area contributed by atoms with Gasteiger partial charge in [0.05, 0.1) is 19.9 Å². The summed E-state index contributed by atoms with van der Waals surface area (Å²) in [5.41, 5.74) is 2.21. The fraction of sp³-hybridized carbons (Fsp3) is 0.529. The maximum absolute atomic E-state index is 13.3. The summed E-state index contributed by atoms with van der Waals surface area (Å²) >= 11 is 0. The highest BCUT2D eigenvalue weighted by Gasteiger charge is 2.42. The second-order valence-electron chi connectivity index (χ2n) is 13.2. The molecule has 0 spiro atoms. The van der Waals surface area contributed by atoms with Crippen LogP contribution in [-0.4, -0.2) is 37.5 Å². The minimum atomic E-state index is -1.37. The van der Waals surface area contributed by atoms with E-state index >= 15 is 0 Å². The van der Waals surface area contributed by atoms with Gasteiger partial charge in [0.15, 0.2) is 5.57 Å². The van der Waals surface area contributed by atoms with Crippen molar-refractivity contribution < 1.29 is 28.5 Å². The van der Waals surface area contributed by atoms with E-state index in [2.05, 4.69) is 76.4 Å². The molecule has 2 aromatic rings. The number of nitrogens with one attached hydrogen (secondary N) is 2. The van der Waals surface area contributed by atoms with Crippen LogP contribution < -0.4 is 20.1 Å². The van der Waals surface area contributed by atoms with E-state index < -0.39 is 23.3 Å². The van der Waals surface area contributed by atoms with Gasteiger partial charge in [-0.25, -0.2) is 9.59 Å². The molecule has 1 atom stereocenters. The monoisotopic (exact) mass is 580 g/mol. The number of ether oxygens (including phenoxy) is 4. The molecule has 8 heteroatoms. The lowest BCUT2D eigenvalue weighted by Gasteiger charge is -2.36. The van der Waals surface area contributed by atoms with E-state index in [1.54, 1.807) is 32.4 Å². The van der Waals surface area contributed by atoms with Gasteiger partial charge in [0, 0.05) is 25.5 Å². The third-order valence-electron chi connectivity index (χ3n) is 7.35. The van der Waals surface area contributed by atoms with Crippen LogP contribution >= 0.6 is 0 Å². The molecule has 1 fully saturated rings. The van der Waals surface area contributed by atoms with Crippen molar-refractivity contribution in [3.63, 3.8) is 0 Å². The Balaban J connectivity index is 2.08. The van der Waals surface area contributed by atoms with E-state index in [0.717, 1.165) is 24.8 Å². The minimum absolute atomic E-state index is 0.0474. The molecule has 1 aliphatic heterocycles. The molecule has 0 saturated carbocycles. The lowest BCUT2D eigenvalue weighted by atomic mass is 9.83. The molecule has 8 nitrogen and oxygen atoms in total. The quantitative estimate of drug-likeness (QED) is 0.159. The van der Waals surface area contributed by atoms with E-state index in [1.165, 1.54) is 19.4 Å². The van der Waals surface area contributed by atoms with Gasteiger partial charge >= 0.3 is 11.9 Å². The molecule has 230 valence electrons. The number of methoxy groups -OCH3 is 2. The molecule has 0 bridgehead atoms. The first-order valence-electron chi connectivity index (χ1n) is 14.6. The molecule has 1 heterocycles. The first-order chi connectivity index (χ1) is 19.6. The molecular formula is C34H48N2O6. The Bertz CT molecular complexity index is 1270. The normalized spacial score (nSPS) is 16.3. The van der Waals surface area contributed by atoms with E-state index in [-0.39, 0.29) is 16.8 Å². The van der Waals surface area contributed by atoms with Crippen LogP contribution in [0.2, 0.25) is 0 Å². The van der Waals surface area contributed by atoms with Crippen LogP contribution in [0.25, 0.3) is 0 Å². The van der Waals surface area contributed by atoms with Crippen molar-refractivity contribution in [2.75, 3.05) is 19.5 Å². The third kappa shape index (κ3) is 8.66. The zero-order chi connectivity index (χ0) is 31.3. The summed E-state index contributed by atoms with van der Waals surface area (Å²) in [7, 11) is 3.12. The summed E-state index contributed by atoms with van der Waals surface area (Å²) in [4.78, 5) is 26.5. The number of rotatable bonds is 12. The predicted octanol–water partition coefficient (Wildman–Crippen LogP) is 6.88. The Kier molecular flexibility index (Phi) is 10.2. The summed E-state index contributed by atoms with van der Waals surface area (Å²) in [5.74, 6) is -1.07. The van der Waals surface area contributed by atoms with Gasteiger partial charge in [-0.3, -0.25) is 0 Å². The van der Waals surface area contributed by atoms with Gasteiger partial charge in [-0.1, -0.05) is 71.7 Å². The van der Waals surface area contributed by atoms with Crippen molar-refractivity contribution in [1.29, 1.82) is 0 Å². The molecule has 1 aliphatic rings. The van der Waals surface area contributed by atoms with Crippen LogP contribution in [-0.2, 0) is 30.9 Å². The van der Waals surface area contributed by atoms with Crippen molar-refractivity contribution in [3.05, 3.63) is 65.0 Å². The van der Waals surface area contributed by atoms with Gasteiger partial charge in [-0.2, -0.15) is 0 Å². The average Bonchev–Trinajstić information content (AvgIpc) is 2.87. The van der Waals surface area contributed by atoms with Crippen LogP contribution in [0.5, 0.6) is 11.5 Å². The Morgan fingerprint density at radius 1 is 0.929 bits per heavy atom. The first kappa shape index (κ1) is 32.8. The molecule has 0 amide bonds. The molecular weight excluding hydrogens is 532 g/mol. The molecule has 3 rings (SSSR count). The van der Waals surface area contributed by atoms with Crippen LogP contribution in [0.4, 0.5) is 5.69 Å². The molecule has 2 N–H and O–H groups in total. The third-order valence-corrected chi connectivity index (χ3v) is 7.35. The van der Waals surface area contributed by atoms with Crippen molar-refractivity contribution in [2.24, 2.45) is 5.92 Å². The fourth-order valence-corrected chi connectivity index (χ4v) is 5.02. The molecule has 2 aromatic carbocycles. The molecule has 0 radical (unpaired) electrons. The standard InChI is InChI=1S/C34H48N2O6/c1-22(2)12-11-19-34(8,21-23-13-15-24(16-14-23)32(3,4)5)36-29(28-30(37)41-33(6,7)42-31(28)38)35-26-18-17-25(39-9)20-27(26)40-10/h13-18,20,22,35-36H,11-12,19,21H2,1-10H3. The van der Waals surface area contributed by atoms with Crippen molar-refractivity contribution >= 4 is 17.6 Å². The molecule has 0 aromatic heterocycles. The Morgan fingerprint density at radius 3 is 2.07 bits per heavy atom. The highest BCUT2D eigenvalue weighted by atomic mass is 16.7. The number of cyclic esters (lactones) is 2. The number of hydrogen-bond donors (Lipinski definition) is 2. The highest BCUT2D eigenvalue weighted by molar-refractivity contribution is 6.16. The lowest BCUT2D eigenvalue weighted by Crippen LogP contribution is -2.49. The van der Waals surface area contributed by atoms with Gasteiger partial charge in [-0.05, 0) is 54.4 Å². The number of hydrogen-bond acceptors (Lipinski definition) is 8. The number of anilines is 1. The molecule has 42 heavy (non-hydrogen) atoms. The first-order valence-corrected chi connectivity index (χ1v) is 14.6. The van der Waals surface area contributed by atoms with Crippen LogP contribution in [0.1, 0.15) is 85.8 Å². The van der Waals surface area contributed by atoms with Crippen molar-refractivity contribution in [3.8, 4) is 11.5 Å². The predicted molar refractivity (Wildman–Crippen MR) is 166 cm³/mol. The van der Waals surface area contributed by atoms with Gasteiger partial charge in [-0.15, -0.1) is 0 Å². The van der Waals surface area contributed by atoms with Gasteiger partial charge in [0.1, 0.15) is 17.3 Å². The molecule has 0 aliphatic carbocycles. The summed E-state index contributed by atoms with van der Waals surface area (Å²) in [6.07, 6.45) is 3.45. The SMILES string of the molecule is COc1ccc(NC(NC(C)(CCCC(C)C)Cc2ccc(C(C)(C)C)cc2)=C2C(=O)OC(C)(C)OC2=O)c(OC)c1. The van der Waals surface area contributed by atoms with Crippen molar-refractivity contribution in [2.45, 2.75) is 97.8 Å². The largest absolute Gasteiger partial charge is 0.497 e. The van der Waals surface area contributed by atoms with Crippen LogP contribution in [0.3, 0.4) is 0 Å². The summed E-state index contributed by atoms with van der Waals surface area (Å²) < 4.78 is 21.9. The second-order valence-corrected chi connectivity index (χ2v) is 13.2. The lowest BCUT2D eigenvalue weighted by molar-refractivity contribution is -0.222. The van der Waals surface area contributed by atoms with Gasteiger partial charge in [0.2, 0.25) is 0 Å². The van der Waals surface area contributed by atoms with Gasteiger partial charge in [0.25, 0.3) is 5.79 Å². The number of carbonyl (C=O) groups excluding carboxylic acids is 2. The second kappa shape index (κ2) is 13.1. The fourth-order valence-electron chi connectivity index (χ4n) is 5.02. The molecule has 1 saturated heterocycles. The summed E-state index contributed by atoms with van der Waals surface area (Å²) in [5, 5.41) is 6.83. The summed E-state index contributed by atoms with van der Waals surface area (Å²) in [6.45, 7) is 16.2. The van der Waals surface area contributed by atoms with Gasteiger partial charge < -0.3 is 29.6 Å². The van der Waals surface area contributed by atoms with E-state index in [9.17, 15) is 9.59 Å². The number of benzene rings is 2. The average molecular weight is 581 g/mol. The Labute approximate surface area is 251 Å². The van der Waals surface area contributed by atoms with Crippen LogP contribution in [0, 0.1) is 5.92 Å². The smallest absolute Gasteiger partial charge is 0.352 e. The van der Waals surface area contributed by atoms with E-state index in [4.69, 9.17) is 18.9 Å². The minimum Gasteiger partial charge on any atom is -0.497 e. The topological polar surface area (TPSA) is 95.1 Å². The summed E-state index contributed by atoms with van der Waals surface area (Å²) in [6, 6.07) is 13.9. The Hall–Kier alpha value is -3.68. The zero-order valence-electron chi connectivity index (χ0n) is 26.9.